The molecule has 0 aromatic carbocycles. The Kier molecular flexibility index (Phi) is 4.67. The molecule has 2 aliphatic carbocycles. The van der Waals surface area contributed by atoms with Gasteiger partial charge in [0.1, 0.15) is 0 Å². The van der Waals surface area contributed by atoms with E-state index >= 15 is 0 Å². The molecule has 2 N–H and O–H groups in total. The molecule has 0 aromatic rings. The number of nitrogens with one attached hydrogen (secondary N) is 2. The minimum Gasteiger partial charge on any atom is -0.316 e. The zero-order chi connectivity index (χ0) is 13.2. The van der Waals surface area contributed by atoms with E-state index in [9.17, 15) is 8.42 Å². The highest BCUT2D eigenvalue weighted by Crippen LogP contribution is 2.47. The van der Waals surface area contributed by atoms with Crippen LogP contribution in [0.1, 0.15) is 39.5 Å². The fraction of sp³-hybridized carbons (Fsp3) is 1.00. The summed E-state index contributed by atoms with van der Waals surface area (Å²) in [5.74, 6) is 2.25. The third-order valence-corrected chi connectivity index (χ3v) is 6.44. The molecule has 2 fully saturated rings. The first-order valence-electron chi connectivity index (χ1n) is 7.22. The van der Waals surface area contributed by atoms with E-state index in [1.807, 2.05) is 6.92 Å². The average Bonchev–Trinajstić information content (AvgIpc) is 2.95. The van der Waals surface area contributed by atoms with Crippen molar-refractivity contribution in [1.29, 1.82) is 0 Å². The summed E-state index contributed by atoms with van der Waals surface area (Å²) in [7, 11) is -3.15. The Balaban J connectivity index is 1.78. The maximum absolute atomic E-state index is 12.0. The van der Waals surface area contributed by atoms with E-state index in [1.165, 1.54) is 25.7 Å². The molecular weight excluding hydrogens is 248 g/mol. The molecule has 0 radical (unpaired) electrons. The van der Waals surface area contributed by atoms with Crippen molar-refractivity contribution in [3.8, 4) is 0 Å². The quantitative estimate of drug-likeness (QED) is 0.736. The maximum Gasteiger partial charge on any atom is 0.215 e. The molecule has 4 atom stereocenters. The lowest BCUT2D eigenvalue weighted by Crippen LogP contribution is -2.41. The fourth-order valence-electron chi connectivity index (χ4n) is 3.45. The summed E-state index contributed by atoms with van der Waals surface area (Å²) in [4.78, 5) is 0. The first kappa shape index (κ1) is 14.3. The van der Waals surface area contributed by atoms with Gasteiger partial charge < -0.3 is 5.32 Å². The second-order valence-electron chi connectivity index (χ2n) is 5.95. The molecule has 0 heterocycles. The van der Waals surface area contributed by atoms with Crippen LogP contribution in [0.3, 0.4) is 0 Å². The molecule has 2 rings (SSSR count). The average molecular weight is 274 g/mol. The summed E-state index contributed by atoms with van der Waals surface area (Å²) in [6, 6.07) is 0. The fourth-order valence-corrected chi connectivity index (χ4v) is 4.52. The number of rotatable bonds is 7. The highest BCUT2D eigenvalue weighted by atomic mass is 32.2. The number of sulfonamides is 1. The van der Waals surface area contributed by atoms with Crippen molar-refractivity contribution in [2.75, 3.05) is 19.6 Å². The lowest BCUT2D eigenvalue weighted by Gasteiger charge is -2.23. The summed E-state index contributed by atoms with van der Waals surface area (Å²) in [6.45, 7) is 5.75. The zero-order valence-corrected chi connectivity index (χ0v) is 12.3. The van der Waals surface area contributed by atoms with Gasteiger partial charge in [-0.25, -0.2) is 13.1 Å². The molecule has 4 unspecified atom stereocenters. The lowest BCUT2D eigenvalue weighted by molar-refractivity contribution is 0.332. The second kappa shape index (κ2) is 5.88. The van der Waals surface area contributed by atoms with Crippen molar-refractivity contribution in [3.63, 3.8) is 0 Å². The molecule has 4 nitrogen and oxygen atoms in total. The largest absolute Gasteiger partial charge is 0.316 e. The summed E-state index contributed by atoms with van der Waals surface area (Å²) < 4.78 is 26.9. The van der Waals surface area contributed by atoms with Gasteiger partial charge in [0.15, 0.2) is 0 Å². The highest BCUT2D eigenvalue weighted by molar-refractivity contribution is 7.90. The first-order chi connectivity index (χ1) is 8.53. The topological polar surface area (TPSA) is 58.2 Å². The number of hydrogen-bond donors (Lipinski definition) is 2. The molecule has 18 heavy (non-hydrogen) atoms. The van der Waals surface area contributed by atoms with E-state index in [2.05, 4.69) is 10.0 Å². The Labute approximate surface area is 111 Å². The zero-order valence-electron chi connectivity index (χ0n) is 11.5. The van der Waals surface area contributed by atoms with Gasteiger partial charge in [0, 0.05) is 13.1 Å². The third kappa shape index (κ3) is 3.25. The van der Waals surface area contributed by atoms with Crippen LogP contribution < -0.4 is 10.0 Å². The van der Waals surface area contributed by atoms with Crippen LogP contribution in [-0.2, 0) is 10.0 Å². The summed E-state index contributed by atoms with van der Waals surface area (Å²) in [6.07, 6.45) is 5.24. The Bertz CT molecular complexity index is 369. The van der Waals surface area contributed by atoms with Crippen LogP contribution in [0.4, 0.5) is 0 Å². The second-order valence-corrected chi connectivity index (χ2v) is 8.13. The van der Waals surface area contributed by atoms with Crippen LogP contribution in [-0.4, -0.2) is 33.3 Å². The van der Waals surface area contributed by atoms with Crippen LogP contribution in [0.15, 0.2) is 0 Å². The van der Waals surface area contributed by atoms with Gasteiger partial charge in [-0.3, -0.25) is 0 Å². The predicted molar refractivity (Wildman–Crippen MR) is 73.9 cm³/mol. The lowest BCUT2D eigenvalue weighted by atomic mass is 9.89. The van der Waals surface area contributed by atoms with E-state index < -0.39 is 10.0 Å². The Morgan fingerprint density at radius 3 is 2.61 bits per heavy atom. The highest BCUT2D eigenvalue weighted by Gasteiger charge is 2.39. The minimum atomic E-state index is -3.15. The van der Waals surface area contributed by atoms with Crippen LogP contribution in [0.5, 0.6) is 0 Å². The molecule has 5 heteroatoms. The van der Waals surface area contributed by atoms with Crippen molar-refractivity contribution in [1.82, 2.24) is 10.0 Å². The Morgan fingerprint density at radius 1 is 1.28 bits per heavy atom. The number of fused-ring (bicyclic) bond motifs is 2. The van der Waals surface area contributed by atoms with Crippen molar-refractivity contribution in [3.05, 3.63) is 0 Å². The van der Waals surface area contributed by atoms with E-state index in [0.29, 0.717) is 19.0 Å². The van der Waals surface area contributed by atoms with Crippen LogP contribution in [0.2, 0.25) is 0 Å². The van der Waals surface area contributed by atoms with E-state index in [1.54, 1.807) is 6.92 Å². The molecular formula is C13H26N2O2S. The summed E-state index contributed by atoms with van der Waals surface area (Å²) >= 11 is 0. The van der Waals surface area contributed by atoms with Crippen LogP contribution in [0, 0.1) is 17.8 Å². The Hall–Kier alpha value is -0.130. The predicted octanol–water partition coefficient (Wildman–Crippen LogP) is 1.34. The van der Waals surface area contributed by atoms with Gasteiger partial charge in [0.2, 0.25) is 10.0 Å². The Morgan fingerprint density at radius 2 is 2.06 bits per heavy atom. The summed E-state index contributed by atoms with van der Waals surface area (Å²) in [5.41, 5.74) is 0. The third-order valence-electron chi connectivity index (χ3n) is 4.64. The van der Waals surface area contributed by atoms with Crippen LogP contribution in [0.25, 0.3) is 0 Å². The van der Waals surface area contributed by atoms with Gasteiger partial charge in [0.25, 0.3) is 0 Å². The molecule has 106 valence electrons. The van der Waals surface area contributed by atoms with Gasteiger partial charge in [-0.1, -0.05) is 13.3 Å². The standard InChI is InChI=1S/C13H26N2O2S/c1-3-14-8-10(2)18(16,17)15-9-13-7-11-4-5-12(13)6-11/h10-15H,3-9H2,1-2H3. The van der Waals surface area contributed by atoms with Crippen molar-refractivity contribution < 1.29 is 8.42 Å². The first-order valence-corrected chi connectivity index (χ1v) is 8.76. The van der Waals surface area contributed by atoms with Crippen molar-refractivity contribution in [2.24, 2.45) is 17.8 Å². The maximum atomic E-state index is 12.0. The molecule has 0 spiro atoms. The van der Waals surface area contributed by atoms with E-state index in [-0.39, 0.29) is 5.25 Å². The minimum absolute atomic E-state index is 0.351. The molecule has 0 amide bonds. The van der Waals surface area contributed by atoms with Gasteiger partial charge in [-0.15, -0.1) is 0 Å². The number of hydrogen-bond acceptors (Lipinski definition) is 3. The molecule has 2 bridgehead atoms. The van der Waals surface area contributed by atoms with Crippen molar-refractivity contribution in [2.45, 2.75) is 44.8 Å². The van der Waals surface area contributed by atoms with Gasteiger partial charge >= 0.3 is 0 Å². The van der Waals surface area contributed by atoms with Crippen molar-refractivity contribution >= 4 is 10.0 Å². The monoisotopic (exact) mass is 274 g/mol. The SMILES string of the molecule is CCNCC(C)S(=O)(=O)NCC1CC2CCC1C2. The van der Waals surface area contributed by atoms with Gasteiger partial charge in [0.05, 0.1) is 5.25 Å². The molecule has 0 saturated heterocycles. The van der Waals surface area contributed by atoms with Gasteiger partial charge in [-0.2, -0.15) is 0 Å². The molecule has 0 aromatic heterocycles. The molecule has 2 aliphatic rings. The smallest absolute Gasteiger partial charge is 0.215 e. The summed E-state index contributed by atoms with van der Waals surface area (Å²) in [5, 5.41) is 2.74. The molecule has 0 aliphatic heterocycles. The van der Waals surface area contributed by atoms with E-state index in [4.69, 9.17) is 0 Å². The van der Waals surface area contributed by atoms with E-state index in [0.717, 1.165) is 18.4 Å². The molecule has 2 saturated carbocycles. The normalized spacial score (nSPS) is 32.9. The van der Waals surface area contributed by atoms with Gasteiger partial charge in [-0.05, 0) is 50.5 Å². The van der Waals surface area contributed by atoms with Crippen LogP contribution >= 0.6 is 0 Å².